The van der Waals surface area contributed by atoms with Crippen molar-refractivity contribution in [3.8, 4) is 0 Å². The molecular weight excluding hydrogens is 350 g/mol. The molecule has 1 aromatic rings. The van der Waals surface area contributed by atoms with Crippen molar-refractivity contribution in [1.29, 1.82) is 0 Å². The summed E-state index contributed by atoms with van der Waals surface area (Å²) in [6.07, 6.45) is 21.4. The van der Waals surface area contributed by atoms with Crippen molar-refractivity contribution in [2.75, 3.05) is 14.1 Å². The number of quaternary nitrogens is 1. The number of hydrogen-bond donors (Lipinski definition) is 1. The lowest BCUT2D eigenvalue weighted by Crippen LogP contribution is -3.10. The van der Waals surface area contributed by atoms with Gasteiger partial charge >= 0.3 is 0 Å². The van der Waals surface area contributed by atoms with Crippen LogP contribution in [0.5, 0.6) is 0 Å². The number of halogens is 1. The molecule has 0 aliphatic rings. The van der Waals surface area contributed by atoms with Gasteiger partial charge in [0, 0.05) is 6.42 Å². The van der Waals surface area contributed by atoms with Crippen molar-refractivity contribution >= 4 is 0 Å². The number of unbranched alkanes of at least 4 members (excludes halogenated alkanes) is 12. The molecule has 1 unspecified atom stereocenters. The van der Waals surface area contributed by atoms with Gasteiger partial charge in [0.25, 0.3) is 0 Å². The quantitative estimate of drug-likeness (QED) is 0.386. The Bertz CT molecular complexity index is 404. The zero-order valence-corrected chi connectivity index (χ0v) is 19.2. The second kappa shape index (κ2) is 18.8. The molecule has 0 fully saturated rings. The van der Waals surface area contributed by atoms with Crippen LogP contribution in [0.4, 0.5) is 0 Å². The van der Waals surface area contributed by atoms with E-state index in [0.29, 0.717) is 0 Å². The van der Waals surface area contributed by atoms with Crippen molar-refractivity contribution in [1.82, 2.24) is 0 Å². The Labute approximate surface area is 176 Å². The van der Waals surface area contributed by atoms with Gasteiger partial charge in [-0.1, -0.05) is 114 Å². The van der Waals surface area contributed by atoms with Gasteiger partial charge in [-0.25, -0.2) is 0 Å². The first kappa shape index (κ1) is 26.5. The van der Waals surface area contributed by atoms with Crippen molar-refractivity contribution < 1.29 is 17.3 Å². The summed E-state index contributed by atoms with van der Waals surface area (Å²) in [5.41, 5.74) is 1.49. The topological polar surface area (TPSA) is 4.44 Å². The Morgan fingerprint density at radius 2 is 1.11 bits per heavy atom. The fourth-order valence-corrected chi connectivity index (χ4v) is 3.90. The number of rotatable bonds is 17. The molecule has 1 aromatic carbocycles. The Kier molecular flexibility index (Phi) is 18.4. The second-order valence-corrected chi connectivity index (χ2v) is 8.50. The summed E-state index contributed by atoms with van der Waals surface area (Å²) < 4.78 is 0. The highest BCUT2D eigenvalue weighted by atomic mass is 35.5. The van der Waals surface area contributed by atoms with E-state index in [1.807, 2.05) is 0 Å². The Morgan fingerprint density at radius 1 is 0.667 bits per heavy atom. The van der Waals surface area contributed by atoms with Crippen LogP contribution in [-0.2, 0) is 6.42 Å². The van der Waals surface area contributed by atoms with E-state index in [9.17, 15) is 0 Å². The molecule has 0 radical (unpaired) electrons. The van der Waals surface area contributed by atoms with E-state index >= 15 is 0 Å². The zero-order valence-electron chi connectivity index (χ0n) is 18.4. The van der Waals surface area contributed by atoms with Crippen LogP contribution in [0.3, 0.4) is 0 Å². The first-order valence-electron chi connectivity index (χ1n) is 11.6. The number of nitrogens with one attached hydrogen (secondary N) is 1. The van der Waals surface area contributed by atoms with Crippen molar-refractivity contribution in [2.24, 2.45) is 0 Å². The maximum Gasteiger partial charge on any atom is 0.0911 e. The minimum atomic E-state index is 0. The van der Waals surface area contributed by atoms with Gasteiger partial charge in [0.15, 0.2) is 0 Å². The third kappa shape index (κ3) is 15.1. The molecule has 1 rings (SSSR count). The van der Waals surface area contributed by atoms with Crippen molar-refractivity contribution in [3.05, 3.63) is 35.9 Å². The monoisotopic (exact) mass is 395 g/mol. The summed E-state index contributed by atoms with van der Waals surface area (Å²) in [7, 11) is 4.63. The van der Waals surface area contributed by atoms with Gasteiger partial charge in [-0.3, -0.25) is 0 Å². The number of benzene rings is 1. The van der Waals surface area contributed by atoms with Crippen molar-refractivity contribution in [3.63, 3.8) is 0 Å². The molecule has 1 atom stereocenters. The summed E-state index contributed by atoms with van der Waals surface area (Å²) in [6.45, 7) is 2.30. The van der Waals surface area contributed by atoms with Gasteiger partial charge in [0.2, 0.25) is 0 Å². The molecule has 158 valence electrons. The average molecular weight is 396 g/mol. The maximum absolute atomic E-state index is 2.32. The van der Waals surface area contributed by atoms with E-state index < -0.39 is 0 Å². The third-order valence-electron chi connectivity index (χ3n) is 5.80. The number of hydrogen-bond acceptors (Lipinski definition) is 0. The lowest BCUT2D eigenvalue weighted by atomic mass is 9.98. The van der Waals surface area contributed by atoms with E-state index in [-0.39, 0.29) is 12.4 Å². The predicted molar refractivity (Wildman–Crippen MR) is 117 cm³/mol. The van der Waals surface area contributed by atoms with Crippen molar-refractivity contribution in [2.45, 2.75) is 109 Å². The third-order valence-corrected chi connectivity index (χ3v) is 5.80. The first-order valence-corrected chi connectivity index (χ1v) is 11.6. The molecule has 0 bridgehead atoms. The fourth-order valence-electron chi connectivity index (χ4n) is 3.90. The molecule has 2 heteroatoms. The molecule has 0 saturated carbocycles. The highest BCUT2D eigenvalue weighted by Gasteiger charge is 2.15. The van der Waals surface area contributed by atoms with Gasteiger partial charge in [-0.2, -0.15) is 0 Å². The molecule has 0 heterocycles. The summed E-state index contributed by atoms with van der Waals surface area (Å²) in [5.74, 6) is 0. The molecule has 0 saturated heterocycles. The minimum absolute atomic E-state index is 0. The summed E-state index contributed by atoms with van der Waals surface area (Å²) in [4.78, 5) is 1.60. The second-order valence-electron chi connectivity index (χ2n) is 8.50. The first-order chi connectivity index (χ1) is 12.7. The Balaban J connectivity index is 0.00000676. The molecule has 0 aliphatic carbocycles. The summed E-state index contributed by atoms with van der Waals surface area (Å²) >= 11 is 0. The summed E-state index contributed by atoms with van der Waals surface area (Å²) in [6, 6.07) is 11.8. The smallest absolute Gasteiger partial charge is 0.0911 e. The van der Waals surface area contributed by atoms with Crippen LogP contribution in [0.1, 0.15) is 102 Å². The Hall–Kier alpha value is -0.530. The number of likely N-dealkylation sites (N-methyl/N-ethyl adjacent to an activating group) is 1. The van der Waals surface area contributed by atoms with Crippen LogP contribution in [0.15, 0.2) is 30.3 Å². The van der Waals surface area contributed by atoms with Gasteiger partial charge in [-0.05, 0) is 18.4 Å². The lowest BCUT2D eigenvalue weighted by molar-refractivity contribution is -0.886. The lowest BCUT2D eigenvalue weighted by Gasteiger charge is -2.21. The van der Waals surface area contributed by atoms with Crippen LogP contribution in [0.25, 0.3) is 0 Å². The maximum atomic E-state index is 2.32. The molecule has 0 aromatic heterocycles. The fraction of sp³-hybridized carbons (Fsp3) is 0.760. The SMILES string of the molecule is CCCCCCCCCCCCCCCC(Cc1ccccc1)[NH+](C)C.[Cl-]. The van der Waals surface area contributed by atoms with Crippen LogP contribution < -0.4 is 17.3 Å². The van der Waals surface area contributed by atoms with E-state index in [1.54, 1.807) is 4.90 Å². The highest BCUT2D eigenvalue weighted by Crippen LogP contribution is 2.14. The van der Waals surface area contributed by atoms with E-state index in [0.717, 1.165) is 6.04 Å². The Morgan fingerprint density at radius 3 is 1.56 bits per heavy atom. The van der Waals surface area contributed by atoms with Crippen LogP contribution in [0, 0.1) is 0 Å². The molecule has 1 N–H and O–H groups in total. The van der Waals surface area contributed by atoms with Crippen LogP contribution in [-0.4, -0.2) is 20.1 Å². The molecule has 27 heavy (non-hydrogen) atoms. The molecular formula is C25H46ClN. The normalized spacial score (nSPS) is 12.1. The van der Waals surface area contributed by atoms with Crippen LogP contribution in [0.2, 0.25) is 0 Å². The molecule has 0 spiro atoms. The van der Waals surface area contributed by atoms with Gasteiger partial charge in [-0.15, -0.1) is 0 Å². The molecule has 1 nitrogen and oxygen atoms in total. The largest absolute Gasteiger partial charge is 1.00 e. The standard InChI is InChI=1S/C25H45N.ClH/c1-4-5-6-7-8-9-10-11-12-13-14-15-19-22-25(26(2)3)23-24-20-17-16-18-21-24;/h16-18,20-21,25H,4-15,19,22-23H2,1-3H3;1H. The van der Waals surface area contributed by atoms with Gasteiger partial charge in [0.1, 0.15) is 0 Å². The van der Waals surface area contributed by atoms with Gasteiger partial charge < -0.3 is 17.3 Å². The minimum Gasteiger partial charge on any atom is -1.00 e. The predicted octanol–water partition coefficient (Wildman–Crippen LogP) is 3.23. The van der Waals surface area contributed by atoms with E-state index in [1.165, 1.54) is 102 Å². The highest BCUT2D eigenvalue weighted by molar-refractivity contribution is 5.15. The zero-order chi connectivity index (χ0) is 18.9. The van der Waals surface area contributed by atoms with Crippen LogP contribution >= 0.6 is 0 Å². The van der Waals surface area contributed by atoms with E-state index in [2.05, 4.69) is 51.4 Å². The summed E-state index contributed by atoms with van der Waals surface area (Å²) in [5, 5.41) is 0. The van der Waals surface area contributed by atoms with Gasteiger partial charge in [0.05, 0.1) is 20.1 Å². The average Bonchev–Trinajstić information content (AvgIpc) is 2.65. The van der Waals surface area contributed by atoms with E-state index in [4.69, 9.17) is 0 Å². The molecule has 0 amide bonds. The molecule has 0 aliphatic heterocycles.